The monoisotopic (exact) mass is 276 g/mol. The Kier molecular flexibility index (Phi) is 6.08. The number of hydrogen-bond acceptors (Lipinski definition) is 4. The normalized spacial score (nSPS) is 17.4. The van der Waals surface area contributed by atoms with Crippen LogP contribution in [0.4, 0.5) is 0 Å². The lowest BCUT2D eigenvalue weighted by Gasteiger charge is -2.13. The molecular weight excluding hydrogens is 252 g/mol. The minimum absolute atomic E-state index is 0.0542. The molecule has 18 heavy (non-hydrogen) atoms. The predicted octanol–water partition coefficient (Wildman–Crippen LogP) is 0.458. The zero-order valence-electron chi connectivity index (χ0n) is 11.2. The first-order valence-electron chi connectivity index (χ1n) is 6.66. The first-order chi connectivity index (χ1) is 8.43. The van der Waals surface area contributed by atoms with E-state index in [0.717, 1.165) is 19.3 Å². The first kappa shape index (κ1) is 15.4. The molecule has 0 spiro atoms. The van der Waals surface area contributed by atoms with E-state index in [1.165, 1.54) is 0 Å². The summed E-state index contributed by atoms with van der Waals surface area (Å²) in [5.74, 6) is 0.453. The van der Waals surface area contributed by atoms with Crippen LogP contribution in [-0.4, -0.2) is 44.5 Å². The van der Waals surface area contributed by atoms with Gasteiger partial charge in [-0.3, -0.25) is 4.79 Å². The summed E-state index contributed by atoms with van der Waals surface area (Å²) >= 11 is 0. The SMILES string of the molecule is CCS(=O)(=O)CC(C)NCCCC(=O)NC1CC1. The average Bonchev–Trinajstić information content (AvgIpc) is 3.08. The Morgan fingerprint density at radius 2 is 2.06 bits per heavy atom. The third-order valence-corrected chi connectivity index (χ3v) is 4.85. The molecule has 0 heterocycles. The van der Waals surface area contributed by atoms with Crippen LogP contribution in [-0.2, 0) is 14.6 Å². The van der Waals surface area contributed by atoms with Crippen LogP contribution in [0.3, 0.4) is 0 Å². The van der Waals surface area contributed by atoms with Crippen molar-refractivity contribution >= 4 is 15.7 Å². The van der Waals surface area contributed by atoms with E-state index >= 15 is 0 Å². The van der Waals surface area contributed by atoms with Gasteiger partial charge in [0.2, 0.25) is 5.91 Å². The highest BCUT2D eigenvalue weighted by Crippen LogP contribution is 2.18. The van der Waals surface area contributed by atoms with Gasteiger partial charge in [0, 0.05) is 24.3 Å². The van der Waals surface area contributed by atoms with Gasteiger partial charge in [-0.25, -0.2) is 8.42 Å². The highest BCUT2D eigenvalue weighted by atomic mass is 32.2. The fraction of sp³-hybridized carbons (Fsp3) is 0.917. The maximum absolute atomic E-state index is 11.4. The lowest BCUT2D eigenvalue weighted by Crippen LogP contribution is -2.35. The third kappa shape index (κ3) is 6.96. The molecule has 0 aromatic carbocycles. The number of sulfone groups is 1. The molecule has 0 radical (unpaired) electrons. The quantitative estimate of drug-likeness (QED) is 0.600. The van der Waals surface area contributed by atoms with Crippen molar-refractivity contribution in [2.24, 2.45) is 0 Å². The molecule has 1 rings (SSSR count). The van der Waals surface area contributed by atoms with Gasteiger partial charge in [-0.2, -0.15) is 0 Å². The van der Waals surface area contributed by atoms with E-state index in [0.29, 0.717) is 19.0 Å². The zero-order valence-corrected chi connectivity index (χ0v) is 12.1. The van der Waals surface area contributed by atoms with Crippen LogP contribution in [0.5, 0.6) is 0 Å². The van der Waals surface area contributed by atoms with E-state index in [9.17, 15) is 13.2 Å². The molecule has 0 bridgehead atoms. The highest BCUT2D eigenvalue weighted by molar-refractivity contribution is 7.91. The molecule has 0 aromatic rings. The van der Waals surface area contributed by atoms with Crippen LogP contribution in [0.1, 0.15) is 39.5 Å². The van der Waals surface area contributed by atoms with Crippen molar-refractivity contribution in [3.8, 4) is 0 Å². The minimum Gasteiger partial charge on any atom is -0.353 e. The van der Waals surface area contributed by atoms with Gasteiger partial charge in [0.1, 0.15) is 0 Å². The fourth-order valence-corrected chi connectivity index (χ4v) is 2.80. The van der Waals surface area contributed by atoms with Crippen LogP contribution in [0.15, 0.2) is 0 Å². The number of carbonyl (C=O) groups is 1. The van der Waals surface area contributed by atoms with Crippen molar-refractivity contribution in [1.29, 1.82) is 0 Å². The van der Waals surface area contributed by atoms with E-state index in [2.05, 4.69) is 10.6 Å². The molecule has 6 heteroatoms. The molecule has 5 nitrogen and oxygen atoms in total. The number of amides is 1. The molecule has 1 saturated carbocycles. The summed E-state index contributed by atoms with van der Waals surface area (Å²) in [6.45, 7) is 4.19. The second-order valence-electron chi connectivity index (χ2n) is 5.00. The largest absolute Gasteiger partial charge is 0.353 e. The summed E-state index contributed by atoms with van der Waals surface area (Å²) in [5.41, 5.74) is 0. The van der Waals surface area contributed by atoms with Gasteiger partial charge < -0.3 is 10.6 Å². The summed E-state index contributed by atoms with van der Waals surface area (Å²) in [6.07, 6.45) is 3.47. The lowest BCUT2D eigenvalue weighted by atomic mass is 10.2. The smallest absolute Gasteiger partial charge is 0.220 e. The Labute approximate surface area is 110 Å². The summed E-state index contributed by atoms with van der Waals surface area (Å²) in [4.78, 5) is 11.4. The van der Waals surface area contributed by atoms with E-state index in [4.69, 9.17) is 0 Å². The van der Waals surface area contributed by atoms with E-state index in [-0.39, 0.29) is 23.5 Å². The fourth-order valence-electron chi connectivity index (χ4n) is 1.68. The van der Waals surface area contributed by atoms with Crippen LogP contribution in [0.2, 0.25) is 0 Å². The third-order valence-electron chi connectivity index (χ3n) is 2.96. The van der Waals surface area contributed by atoms with Crippen molar-refractivity contribution < 1.29 is 13.2 Å². The van der Waals surface area contributed by atoms with Gasteiger partial charge in [-0.1, -0.05) is 6.92 Å². The average molecular weight is 276 g/mol. The number of hydrogen-bond donors (Lipinski definition) is 2. The Morgan fingerprint density at radius 3 is 2.61 bits per heavy atom. The molecule has 2 N–H and O–H groups in total. The second-order valence-corrected chi connectivity index (χ2v) is 7.40. The van der Waals surface area contributed by atoms with Crippen molar-refractivity contribution in [3.63, 3.8) is 0 Å². The Balaban J connectivity index is 2.04. The first-order valence-corrected chi connectivity index (χ1v) is 8.48. The molecule has 0 aliphatic heterocycles. The van der Waals surface area contributed by atoms with Crippen LogP contribution in [0, 0.1) is 0 Å². The van der Waals surface area contributed by atoms with E-state index < -0.39 is 9.84 Å². The van der Waals surface area contributed by atoms with Gasteiger partial charge in [-0.15, -0.1) is 0 Å². The maximum atomic E-state index is 11.4. The molecule has 1 aliphatic rings. The van der Waals surface area contributed by atoms with Crippen molar-refractivity contribution in [3.05, 3.63) is 0 Å². The summed E-state index contributed by atoms with van der Waals surface area (Å²) in [6, 6.07) is 0.362. The summed E-state index contributed by atoms with van der Waals surface area (Å²) in [5, 5.41) is 6.06. The number of rotatable bonds is 9. The van der Waals surface area contributed by atoms with E-state index in [1.807, 2.05) is 6.92 Å². The lowest BCUT2D eigenvalue weighted by molar-refractivity contribution is -0.121. The summed E-state index contributed by atoms with van der Waals surface area (Å²) < 4.78 is 22.7. The Morgan fingerprint density at radius 1 is 1.39 bits per heavy atom. The van der Waals surface area contributed by atoms with Crippen LogP contribution in [0.25, 0.3) is 0 Å². The van der Waals surface area contributed by atoms with Crippen LogP contribution < -0.4 is 10.6 Å². The van der Waals surface area contributed by atoms with Crippen molar-refractivity contribution in [2.75, 3.05) is 18.1 Å². The molecule has 106 valence electrons. The summed E-state index contributed by atoms with van der Waals surface area (Å²) in [7, 11) is -2.92. The van der Waals surface area contributed by atoms with Crippen molar-refractivity contribution in [2.45, 2.75) is 51.6 Å². The molecule has 0 saturated heterocycles. The van der Waals surface area contributed by atoms with Gasteiger partial charge >= 0.3 is 0 Å². The predicted molar refractivity (Wildman–Crippen MR) is 72.2 cm³/mol. The van der Waals surface area contributed by atoms with Gasteiger partial charge in [-0.05, 0) is 32.7 Å². The number of nitrogens with one attached hydrogen (secondary N) is 2. The topological polar surface area (TPSA) is 75.3 Å². The van der Waals surface area contributed by atoms with Crippen molar-refractivity contribution in [1.82, 2.24) is 10.6 Å². The second kappa shape index (κ2) is 7.09. The molecular formula is C12H24N2O3S. The zero-order chi connectivity index (χ0) is 13.6. The number of carbonyl (C=O) groups excluding carboxylic acids is 1. The Hall–Kier alpha value is -0.620. The highest BCUT2D eigenvalue weighted by Gasteiger charge is 2.22. The van der Waals surface area contributed by atoms with Gasteiger partial charge in [0.15, 0.2) is 9.84 Å². The van der Waals surface area contributed by atoms with Gasteiger partial charge in [0.05, 0.1) is 5.75 Å². The molecule has 1 aliphatic carbocycles. The molecule has 1 fully saturated rings. The van der Waals surface area contributed by atoms with Crippen LogP contribution >= 0.6 is 0 Å². The maximum Gasteiger partial charge on any atom is 0.220 e. The van der Waals surface area contributed by atoms with Gasteiger partial charge in [0.25, 0.3) is 0 Å². The molecule has 1 amide bonds. The minimum atomic E-state index is -2.92. The molecule has 1 unspecified atom stereocenters. The Bertz CT molecular complexity index is 364. The molecule has 1 atom stereocenters. The standard InChI is InChI=1S/C12H24N2O3S/c1-3-18(16,17)9-10(2)13-8-4-5-12(15)14-11-6-7-11/h10-11,13H,3-9H2,1-2H3,(H,14,15). The van der Waals surface area contributed by atoms with E-state index in [1.54, 1.807) is 6.92 Å². The molecule has 0 aromatic heterocycles.